The van der Waals surface area contributed by atoms with Gasteiger partial charge in [-0.3, -0.25) is 0 Å². The minimum absolute atomic E-state index is 0.400. The first kappa shape index (κ1) is 28.7. The zero-order valence-corrected chi connectivity index (χ0v) is 26.2. The Morgan fingerprint density at radius 2 is 1.03 bits per heavy atom. The lowest BCUT2D eigenvalue weighted by Crippen LogP contribution is -2.64. The van der Waals surface area contributed by atoms with E-state index in [2.05, 4.69) is 82.4 Å². The van der Waals surface area contributed by atoms with Crippen molar-refractivity contribution in [2.75, 3.05) is 0 Å². The van der Waals surface area contributed by atoms with Gasteiger partial charge in [0.1, 0.15) is 0 Å². The monoisotopic (exact) mass is 550 g/mol. The molecule has 0 heterocycles. The lowest BCUT2D eigenvalue weighted by atomic mass is 10.0. The van der Waals surface area contributed by atoms with Crippen molar-refractivity contribution in [2.45, 2.75) is 57.3 Å². The largest absolute Gasteiger partial charge is 0.426 e. The van der Waals surface area contributed by atoms with Gasteiger partial charge in [-0.05, 0) is 42.9 Å². The summed E-state index contributed by atoms with van der Waals surface area (Å²) < 4.78 is 21.6. The molecule has 0 spiro atoms. The average molecular weight is 551 g/mol. The van der Waals surface area contributed by atoms with Gasteiger partial charge in [-0.2, -0.15) is 0 Å². The van der Waals surface area contributed by atoms with Crippen LogP contribution in [0.2, 0.25) is 25.2 Å². The van der Waals surface area contributed by atoms with Gasteiger partial charge >= 0.3 is 17.1 Å². The van der Waals surface area contributed by atoms with Crippen molar-refractivity contribution in [1.29, 1.82) is 0 Å². The van der Waals surface area contributed by atoms with Gasteiger partial charge in [-0.1, -0.05) is 103 Å². The van der Waals surface area contributed by atoms with E-state index >= 15 is 0 Å². The zero-order valence-electron chi connectivity index (χ0n) is 22.2. The summed E-state index contributed by atoms with van der Waals surface area (Å²) in [6.45, 7) is 23.3. The lowest BCUT2D eigenvalue weighted by molar-refractivity contribution is 0.298. The molecule has 0 bridgehead atoms. The molecule has 2 aromatic rings. The van der Waals surface area contributed by atoms with E-state index in [1.807, 2.05) is 47.1 Å². The van der Waals surface area contributed by atoms with E-state index in [4.69, 9.17) is 12.3 Å². The van der Waals surface area contributed by atoms with Crippen molar-refractivity contribution in [3.63, 3.8) is 0 Å². The predicted molar refractivity (Wildman–Crippen MR) is 164 cm³/mol. The molecule has 1 atom stereocenters. The topological polar surface area (TPSA) is 27.7 Å². The Hall–Kier alpha value is -1.85. The minimum Gasteiger partial charge on any atom is -0.426 e. The van der Waals surface area contributed by atoms with Crippen molar-refractivity contribution in [1.82, 2.24) is 0 Å². The van der Waals surface area contributed by atoms with Crippen molar-refractivity contribution in [3.8, 4) is 0 Å². The van der Waals surface area contributed by atoms with E-state index in [0.717, 1.165) is 23.2 Å². The third-order valence-corrected chi connectivity index (χ3v) is 24.1. The Morgan fingerprint density at radius 3 is 1.44 bits per heavy atom. The van der Waals surface area contributed by atoms with Crippen molar-refractivity contribution in [2.24, 2.45) is 0 Å². The molecule has 0 saturated heterocycles. The highest BCUT2D eigenvalue weighted by Crippen LogP contribution is 2.41. The summed E-state index contributed by atoms with van der Waals surface area (Å²) in [4.78, 5) is 0. The molecule has 192 valence electrons. The van der Waals surface area contributed by atoms with E-state index < -0.39 is 33.8 Å². The molecule has 2 aromatic carbocycles. The third kappa shape index (κ3) is 6.34. The molecule has 1 saturated carbocycles. The van der Waals surface area contributed by atoms with Crippen molar-refractivity contribution in [3.05, 3.63) is 110 Å². The number of benzene rings is 2. The smallest absolute Gasteiger partial charge is 0.319 e. The lowest BCUT2D eigenvalue weighted by Gasteiger charge is -2.47. The first-order valence-corrected chi connectivity index (χ1v) is 22.3. The van der Waals surface area contributed by atoms with Crippen LogP contribution < -0.4 is 10.4 Å². The molecule has 0 N–H and O–H groups in total. The molecule has 0 radical (unpaired) electrons. The standard InChI is InChI=1S/C29H42O3Si4/c1-8-35(9-2,28-23-17-13-18-24-28)31-33(5,6)30-34(7,27-21-15-12-16-22-27)32-36(10-3,11-4)29-25-19-14-20-26-29/h8-11,13-14,17-20,23-27H,1-4,12,15-16,21-22H2,5-7H3. The highest BCUT2D eigenvalue weighted by Gasteiger charge is 2.52. The van der Waals surface area contributed by atoms with Crippen molar-refractivity contribution < 1.29 is 12.3 Å². The van der Waals surface area contributed by atoms with Gasteiger partial charge in [-0.15, -0.1) is 26.3 Å². The molecule has 1 aliphatic carbocycles. The second-order valence-electron chi connectivity index (χ2n) is 10.2. The Balaban J connectivity index is 2.01. The van der Waals surface area contributed by atoms with Crippen LogP contribution in [0.4, 0.5) is 0 Å². The van der Waals surface area contributed by atoms with E-state index in [-0.39, 0.29) is 0 Å². The summed E-state index contributed by atoms with van der Waals surface area (Å²) in [6, 6.07) is 20.7. The molecular weight excluding hydrogens is 509 g/mol. The minimum atomic E-state index is -2.76. The number of rotatable bonds is 13. The quantitative estimate of drug-likeness (QED) is 0.258. The summed E-state index contributed by atoms with van der Waals surface area (Å²) in [5.41, 5.74) is 8.32. The third-order valence-electron chi connectivity index (χ3n) is 7.24. The summed E-state index contributed by atoms with van der Waals surface area (Å²) in [6.07, 6.45) is 5.97. The molecule has 36 heavy (non-hydrogen) atoms. The molecule has 3 rings (SSSR count). The number of hydrogen-bond donors (Lipinski definition) is 0. The van der Waals surface area contributed by atoms with Crippen LogP contribution in [0.1, 0.15) is 32.1 Å². The zero-order chi connectivity index (χ0) is 26.3. The molecule has 0 aliphatic heterocycles. The summed E-state index contributed by atoms with van der Waals surface area (Å²) in [5.74, 6) is 0. The van der Waals surface area contributed by atoms with Crippen LogP contribution in [0, 0.1) is 0 Å². The molecule has 0 amide bonds. The molecule has 3 nitrogen and oxygen atoms in total. The fourth-order valence-corrected chi connectivity index (χ4v) is 24.1. The van der Waals surface area contributed by atoms with Gasteiger partial charge in [-0.25, -0.2) is 0 Å². The normalized spacial score (nSPS) is 17.1. The van der Waals surface area contributed by atoms with Crippen LogP contribution in [0.5, 0.6) is 0 Å². The van der Waals surface area contributed by atoms with E-state index in [1.54, 1.807) is 0 Å². The Kier molecular flexibility index (Phi) is 9.67. The van der Waals surface area contributed by atoms with Crippen LogP contribution >= 0.6 is 0 Å². The second kappa shape index (κ2) is 12.1. The van der Waals surface area contributed by atoms with Gasteiger partial charge in [0.15, 0.2) is 0 Å². The predicted octanol–water partition coefficient (Wildman–Crippen LogP) is 6.75. The van der Waals surface area contributed by atoms with Gasteiger partial charge in [0.25, 0.3) is 16.6 Å². The average Bonchev–Trinajstić information content (AvgIpc) is 2.92. The summed E-state index contributed by atoms with van der Waals surface area (Å²) in [5, 5.41) is 2.28. The maximum Gasteiger partial charge on any atom is 0.319 e. The first-order valence-electron chi connectivity index (χ1n) is 12.9. The Morgan fingerprint density at radius 1 is 0.611 bits per heavy atom. The fourth-order valence-electron chi connectivity index (χ4n) is 5.39. The molecule has 1 unspecified atom stereocenters. The highest BCUT2D eigenvalue weighted by molar-refractivity contribution is 7.02. The summed E-state index contributed by atoms with van der Waals surface area (Å²) >= 11 is 0. The molecule has 0 aromatic heterocycles. The van der Waals surface area contributed by atoms with Crippen LogP contribution in [0.25, 0.3) is 0 Å². The molecule has 1 aliphatic rings. The van der Waals surface area contributed by atoms with E-state index in [0.29, 0.717) is 5.54 Å². The van der Waals surface area contributed by atoms with Gasteiger partial charge < -0.3 is 12.3 Å². The highest BCUT2D eigenvalue weighted by atomic mass is 28.5. The van der Waals surface area contributed by atoms with Gasteiger partial charge in [0, 0.05) is 5.54 Å². The second-order valence-corrected chi connectivity index (χ2v) is 24.2. The maximum atomic E-state index is 7.31. The van der Waals surface area contributed by atoms with Gasteiger partial charge in [0.05, 0.1) is 0 Å². The van der Waals surface area contributed by atoms with E-state index in [1.165, 1.54) is 19.3 Å². The fraction of sp³-hybridized carbons (Fsp3) is 0.310. The van der Waals surface area contributed by atoms with Gasteiger partial charge in [0.2, 0.25) is 0 Å². The van der Waals surface area contributed by atoms with Crippen LogP contribution in [0.3, 0.4) is 0 Å². The number of hydrogen-bond acceptors (Lipinski definition) is 3. The van der Waals surface area contributed by atoms with Crippen molar-refractivity contribution >= 4 is 44.1 Å². The van der Waals surface area contributed by atoms with Crippen LogP contribution in [0.15, 0.2) is 110 Å². The molecular formula is C29H42O3Si4. The summed E-state index contributed by atoms with van der Waals surface area (Å²) in [7, 11) is -10.8. The Labute approximate surface area is 223 Å². The molecule has 1 fully saturated rings. The maximum absolute atomic E-state index is 7.31. The SMILES string of the molecule is C=C[Si](C=C)(O[Si](C)(C)O[Si](C)(O[Si](C=C)(C=C)c1ccccc1)C1CCCCC1)c1ccccc1. The Bertz CT molecular complexity index is 1020. The van der Waals surface area contributed by atoms with Crippen LogP contribution in [-0.4, -0.2) is 33.8 Å². The molecule has 7 heteroatoms. The first-order chi connectivity index (χ1) is 17.2. The van der Waals surface area contributed by atoms with E-state index in [9.17, 15) is 0 Å². The van der Waals surface area contributed by atoms with Crippen LogP contribution in [-0.2, 0) is 12.3 Å².